The quantitative estimate of drug-likeness (QED) is 0.883. The molecule has 2 N–H and O–H groups in total. The highest BCUT2D eigenvalue weighted by molar-refractivity contribution is 9.10. The van der Waals surface area contributed by atoms with Crippen molar-refractivity contribution < 1.29 is 8.42 Å². The van der Waals surface area contributed by atoms with E-state index >= 15 is 0 Å². The van der Waals surface area contributed by atoms with E-state index in [9.17, 15) is 8.42 Å². The molecule has 1 saturated heterocycles. The molecule has 0 radical (unpaired) electrons. The molecule has 18 heavy (non-hydrogen) atoms. The van der Waals surface area contributed by atoms with Crippen molar-refractivity contribution in [2.24, 2.45) is 0 Å². The maximum Gasteiger partial charge on any atom is 0.241 e. The van der Waals surface area contributed by atoms with Crippen LogP contribution < -0.4 is 10.0 Å². The first-order valence-electron chi connectivity index (χ1n) is 5.99. The van der Waals surface area contributed by atoms with Gasteiger partial charge < -0.3 is 5.32 Å². The predicted molar refractivity (Wildman–Crippen MR) is 75.1 cm³/mol. The second kappa shape index (κ2) is 5.69. The summed E-state index contributed by atoms with van der Waals surface area (Å²) in [5, 5.41) is 3.27. The summed E-state index contributed by atoms with van der Waals surface area (Å²) in [6.07, 6.45) is 2.14. The lowest BCUT2D eigenvalue weighted by Crippen LogP contribution is -2.37. The van der Waals surface area contributed by atoms with Crippen LogP contribution in [0.5, 0.6) is 0 Å². The average Bonchev–Trinajstić information content (AvgIpc) is 2.83. The number of hydrogen-bond donors (Lipinski definition) is 2. The van der Waals surface area contributed by atoms with E-state index in [1.54, 1.807) is 12.1 Å². The molecule has 1 fully saturated rings. The molecular formula is C12H17BrN2O2S. The molecule has 1 atom stereocenters. The van der Waals surface area contributed by atoms with Crippen LogP contribution in [-0.2, 0) is 10.0 Å². The molecule has 0 aliphatic carbocycles. The highest BCUT2D eigenvalue weighted by Gasteiger charge is 2.21. The Kier molecular flexibility index (Phi) is 4.42. The molecule has 100 valence electrons. The smallest absolute Gasteiger partial charge is 0.241 e. The standard InChI is InChI=1S/C12H17BrN2O2S/c1-9-4-2-6-11(12(9)13)18(16,17)15-8-10-5-3-7-14-10/h2,4,6,10,14-15H,3,5,7-8H2,1H3. The Hall–Kier alpha value is -0.430. The van der Waals surface area contributed by atoms with Crippen LogP contribution in [-0.4, -0.2) is 27.5 Å². The maximum absolute atomic E-state index is 12.2. The Bertz CT molecular complexity index is 525. The molecule has 0 saturated carbocycles. The van der Waals surface area contributed by atoms with Gasteiger partial charge in [-0.3, -0.25) is 0 Å². The topological polar surface area (TPSA) is 58.2 Å². The normalized spacial score (nSPS) is 20.2. The van der Waals surface area contributed by atoms with E-state index in [-0.39, 0.29) is 6.04 Å². The van der Waals surface area contributed by atoms with Crippen LogP contribution in [0.2, 0.25) is 0 Å². The lowest BCUT2D eigenvalue weighted by molar-refractivity contribution is 0.551. The zero-order valence-corrected chi connectivity index (χ0v) is 12.6. The molecule has 2 rings (SSSR count). The summed E-state index contributed by atoms with van der Waals surface area (Å²) in [6.45, 7) is 3.30. The summed E-state index contributed by atoms with van der Waals surface area (Å²) < 4.78 is 27.7. The van der Waals surface area contributed by atoms with Crippen molar-refractivity contribution >= 4 is 26.0 Å². The van der Waals surface area contributed by atoms with Gasteiger partial charge in [-0.1, -0.05) is 12.1 Å². The van der Waals surface area contributed by atoms with Crippen molar-refractivity contribution in [1.82, 2.24) is 10.0 Å². The van der Waals surface area contributed by atoms with Gasteiger partial charge in [-0.25, -0.2) is 13.1 Å². The van der Waals surface area contributed by atoms with Gasteiger partial charge >= 0.3 is 0 Å². The van der Waals surface area contributed by atoms with Crippen molar-refractivity contribution in [3.8, 4) is 0 Å². The van der Waals surface area contributed by atoms with Crippen LogP contribution in [0.4, 0.5) is 0 Å². The highest BCUT2D eigenvalue weighted by Crippen LogP contribution is 2.25. The van der Waals surface area contributed by atoms with Gasteiger partial charge in [0.1, 0.15) is 0 Å². The number of rotatable bonds is 4. The fraction of sp³-hybridized carbons (Fsp3) is 0.500. The van der Waals surface area contributed by atoms with E-state index in [1.807, 2.05) is 13.0 Å². The number of halogens is 1. The first-order valence-corrected chi connectivity index (χ1v) is 8.26. The van der Waals surface area contributed by atoms with Gasteiger partial charge in [0.25, 0.3) is 0 Å². The van der Waals surface area contributed by atoms with Crippen molar-refractivity contribution in [3.63, 3.8) is 0 Å². The lowest BCUT2D eigenvalue weighted by Gasteiger charge is -2.13. The first-order chi connectivity index (χ1) is 8.50. The van der Waals surface area contributed by atoms with Gasteiger partial charge in [-0.05, 0) is 53.9 Å². The Morgan fingerprint density at radius 2 is 2.28 bits per heavy atom. The minimum Gasteiger partial charge on any atom is -0.313 e. The average molecular weight is 333 g/mol. The van der Waals surface area contributed by atoms with Crippen LogP contribution in [0.3, 0.4) is 0 Å². The third kappa shape index (κ3) is 3.12. The van der Waals surface area contributed by atoms with Crippen LogP contribution in [0, 0.1) is 6.92 Å². The van der Waals surface area contributed by atoms with Gasteiger partial charge in [-0.2, -0.15) is 0 Å². The first kappa shape index (κ1) is 14.0. The minimum atomic E-state index is -3.44. The zero-order chi connectivity index (χ0) is 13.2. The minimum absolute atomic E-state index is 0.253. The Labute approximate surface area is 116 Å². The molecule has 1 heterocycles. The summed E-state index contributed by atoms with van der Waals surface area (Å²) >= 11 is 3.33. The Balaban J connectivity index is 2.12. The SMILES string of the molecule is Cc1cccc(S(=O)(=O)NCC2CCCN2)c1Br. The van der Waals surface area contributed by atoms with Crippen LogP contribution in [0.15, 0.2) is 27.6 Å². The molecule has 0 spiro atoms. The highest BCUT2D eigenvalue weighted by atomic mass is 79.9. The third-order valence-corrected chi connectivity index (χ3v) is 5.91. The van der Waals surface area contributed by atoms with Gasteiger partial charge in [-0.15, -0.1) is 0 Å². The summed E-state index contributed by atoms with van der Waals surface area (Å²) in [5.74, 6) is 0. The molecule has 1 aromatic carbocycles. The largest absolute Gasteiger partial charge is 0.313 e. The fourth-order valence-corrected chi connectivity index (χ4v) is 4.18. The molecule has 0 amide bonds. The van der Waals surface area contributed by atoms with E-state index in [0.717, 1.165) is 24.9 Å². The molecule has 1 aliphatic heterocycles. The number of hydrogen-bond acceptors (Lipinski definition) is 3. The van der Waals surface area contributed by atoms with Crippen molar-refractivity contribution in [3.05, 3.63) is 28.2 Å². The van der Waals surface area contributed by atoms with Crippen LogP contribution >= 0.6 is 15.9 Å². The van der Waals surface area contributed by atoms with Crippen molar-refractivity contribution in [2.75, 3.05) is 13.1 Å². The molecule has 1 unspecified atom stereocenters. The Morgan fingerprint density at radius 1 is 1.50 bits per heavy atom. The summed E-state index contributed by atoms with van der Waals surface area (Å²) in [6, 6.07) is 5.49. The van der Waals surface area contributed by atoms with E-state index in [0.29, 0.717) is 15.9 Å². The van der Waals surface area contributed by atoms with Gasteiger partial charge in [0.15, 0.2) is 0 Å². The van der Waals surface area contributed by atoms with E-state index < -0.39 is 10.0 Å². The van der Waals surface area contributed by atoms with Crippen LogP contribution in [0.1, 0.15) is 18.4 Å². The number of sulfonamides is 1. The molecule has 1 aromatic rings. The molecule has 6 heteroatoms. The predicted octanol–water partition coefficient (Wildman–Crippen LogP) is 1.79. The molecule has 4 nitrogen and oxygen atoms in total. The van der Waals surface area contributed by atoms with Gasteiger partial charge in [0.05, 0.1) is 4.90 Å². The molecule has 0 bridgehead atoms. The number of benzene rings is 1. The number of nitrogens with one attached hydrogen (secondary N) is 2. The third-order valence-electron chi connectivity index (χ3n) is 3.13. The van der Waals surface area contributed by atoms with Gasteiger partial charge in [0.2, 0.25) is 10.0 Å². The van der Waals surface area contributed by atoms with E-state index in [4.69, 9.17) is 0 Å². The molecule has 0 aromatic heterocycles. The lowest BCUT2D eigenvalue weighted by atomic mass is 10.2. The van der Waals surface area contributed by atoms with Crippen LogP contribution in [0.25, 0.3) is 0 Å². The second-order valence-corrected chi connectivity index (χ2v) is 7.06. The monoisotopic (exact) mass is 332 g/mol. The fourth-order valence-electron chi connectivity index (χ4n) is 2.05. The zero-order valence-electron chi connectivity index (χ0n) is 10.2. The van der Waals surface area contributed by atoms with Crippen molar-refractivity contribution in [1.29, 1.82) is 0 Å². The summed E-state index contributed by atoms with van der Waals surface area (Å²) in [5.41, 5.74) is 0.914. The maximum atomic E-state index is 12.2. The van der Waals surface area contributed by atoms with Gasteiger partial charge in [0, 0.05) is 17.1 Å². The second-order valence-electron chi connectivity index (χ2n) is 4.53. The summed E-state index contributed by atoms with van der Waals surface area (Å²) in [4.78, 5) is 0.306. The molecule has 1 aliphatic rings. The van der Waals surface area contributed by atoms with E-state index in [1.165, 1.54) is 0 Å². The molecular weight excluding hydrogens is 316 g/mol. The van der Waals surface area contributed by atoms with E-state index in [2.05, 4.69) is 26.0 Å². The summed E-state index contributed by atoms with van der Waals surface area (Å²) in [7, 11) is -3.44. The van der Waals surface area contributed by atoms with Crippen molar-refractivity contribution in [2.45, 2.75) is 30.7 Å². The Morgan fingerprint density at radius 3 is 2.94 bits per heavy atom. The number of aryl methyl sites for hydroxylation is 1.